The Hall–Kier alpha value is -1.51. The molecule has 0 aromatic heterocycles. The second-order valence-electron chi connectivity index (χ2n) is 4.17. The SMILES string of the molecule is NCc1ccc(Br)c(S(=O)(=O)Nc2c(F)cccc2F)c1. The van der Waals surface area contributed by atoms with Crippen LogP contribution in [0.3, 0.4) is 0 Å². The summed E-state index contributed by atoms with van der Waals surface area (Å²) in [7, 11) is -4.15. The van der Waals surface area contributed by atoms with E-state index in [4.69, 9.17) is 5.73 Å². The van der Waals surface area contributed by atoms with Crippen LogP contribution in [0.1, 0.15) is 5.56 Å². The predicted octanol–water partition coefficient (Wildman–Crippen LogP) is 2.99. The van der Waals surface area contributed by atoms with Crippen LogP contribution in [-0.4, -0.2) is 8.42 Å². The molecule has 0 saturated heterocycles. The second-order valence-corrected chi connectivity index (χ2v) is 6.68. The molecule has 3 N–H and O–H groups in total. The average Bonchev–Trinajstić information content (AvgIpc) is 2.43. The number of hydrogen-bond donors (Lipinski definition) is 2. The third-order valence-corrected chi connectivity index (χ3v) is 5.06. The molecule has 112 valence electrons. The van der Waals surface area contributed by atoms with Gasteiger partial charge in [0.05, 0.1) is 0 Å². The van der Waals surface area contributed by atoms with Crippen LogP contribution in [0.4, 0.5) is 14.5 Å². The summed E-state index contributed by atoms with van der Waals surface area (Å²) < 4.78 is 53.8. The van der Waals surface area contributed by atoms with Gasteiger partial charge in [-0.05, 0) is 45.8 Å². The monoisotopic (exact) mass is 376 g/mol. The average molecular weight is 377 g/mol. The van der Waals surface area contributed by atoms with E-state index in [2.05, 4.69) is 15.9 Å². The third kappa shape index (κ3) is 3.39. The number of sulfonamides is 1. The van der Waals surface area contributed by atoms with Gasteiger partial charge in [-0.25, -0.2) is 17.2 Å². The Kier molecular flexibility index (Phi) is 4.60. The van der Waals surface area contributed by atoms with Crippen molar-refractivity contribution in [1.82, 2.24) is 0 Å². The molecule has 0 bridgehead atoms. The van der Waals surface area contributed by atoms with Gasteiger partial charge in [-0.1, -0.05) is 12.1 Å². The molecule has 0 radical (unpaired) electrons. The molecule has 4 nitrogen and oxygen atoms in total. The van der Waals surface area contributed by atoms with E-state index in [0.717, 1.165) is 18.2 Å². The lowest BCUT2D eigenvalue weighted by Crippen LogP contribution is -2.16. The fourth-order valence-electron chi connectivity index (χ4n) is 1.67. The summed E-state index contributed by atoms with van der Waals surface area (Å²) >= 11 is 3.10. The fourth-order valence-corrected chi connectivity index (χ4v) is 3.76. The summed E-state index contributed by atoms with van der Waals surface area (Å²) in [6.07, 6.45) is 0. The Balaban J connectivity index is 2.48. The Bertz CT molecular complexity index is 761. The number of nitrogens with one attached hydrogen (secondary N) is 1. The maximum absolute atomic E-state index is 13.5. The van der Waals surface area contributed by atoms with Crippen molar-refractivity contribution in [3.8, 4) is 0 Å². The number of rotatable bonds is 4. The zero-order valence-corrected chi connectivity index (χ0v) is 13.0. The molecule has 0 aliphatic heterocycles. The number of nitrogens with two attached hydrogens (primary N) is 1. The predicted molar refractivity (Wildman–Crippen MR) is 79.2 cm³/mol. The van der Waals surface area contributed by atoms with E-state index in [1.807, 2.05) is 4.72 Å². The molecule has 0 unspecified atom stereocenters. The number of para-hydroxylation sites is 1. The van der Waals surface area contributed by atoms with Crippen LogP contribution in [0.15, 0.2) is 45.8 Å². The molecule has 21 heavy (non-hydrogen) atoms. The van der Waals surface area contributed by atoms with Gasteiger partial charge < -0.3 is 5.73 Å². The summed E-state index contributed by atoms with van der Waals surface area (Å²) in [4.78, 5) is -0.145. The van der Waals surface area contributed by atoms with Gasteiger partial charge in [0.25, 0.3) is 10.0 Å². The van der Waals surface area contributed by atoms with Crippen LogP contribution in [0.25, 0.3) is 0 Å². The van der Waals surface area contributed by atoms with Gasteiger partial charge in [-0.15, -0.1) is 0 Å². The first kappa shape index (κ1) is 15.9. The van der Waals surface area contributed by atoms with Gasteiger partial charge in [-0.3, -0.25) is 4.72 Å². The number of benzene rings is 2. The fraction of sp³-hybridized carbons (Fsp3) is 0.0769. The van der Waals surface area contributed by atoms with E-state index in [0.29, 0.717) is 5.56 Å². The van der Waals surface area contributed by atoms with E-state index in [-0.39, 0.29) is 15.9 Å². The van der Waals surface area contributed by atoms with Crippen LogP contribution < -0.4 is 10.5 Å². The van der Waals surface area contributed by atoms with Crippen LogP contribution in [0, 0.1) is 11.6 Å². The smallest absolute Gasteiger partial charge is 0.263 e. The molecule has 0 atom stereocenters. The van der Waals surface area contributed by atoms with Crippen LogP contribution >= 0.6 is 15.9 Å². The summed E-state index contributed by atoms with van der Waals surface area (Å²) in [5, 5.41) is 0. The molecule has 0 amide bonds. The van der Waals surface area contributed by atoms with Crippen molar-refractivity contribution in [2.24, 2.45) is 5.73 Å². The standard InChI is InChI=1S/C13H11BrF2N2O2S/c14-9-5-4-8(7-17)6-12(9)21(19,20)18-13-10(15)2-1-3-11(13)16/h1-6,18H,7,17H2. The molecule has 2 rings (SSSR count). The lowest BCUT2D eigenvalue weighted by molar-refractivity contribution is 0.582. The first-order chi connectivity index (χ1) is 9.85. The summed E-state index contributed by atoms with van der Waals surface area (Å²) in [6.45, 7) is 0.143. The van der Waals surface area contributed by atoms with E-state index >= 15 is 0 Å². The molecule has 0 heterocycles. The first-order valence-corrected chi connectivity index (χ1v) is 8.08. The molecule has 0 spiro atoms. The Labute approximate surface area is 129 Å². The minimum Gasteiger partial charge on any atom is -0.326 e. The summed E-state index contributed by atoms with van der Waals surface area (Å²) in [6, 6.07) is 7.57. The molecule has 8 heteroatoms. The molecule has 2 aromatic carbocycles. The largest absolute Gasteiger partial charge is 0.326 e. The normalized spacial score (nSPS) is 11.4. The molecule has 0 fully saturated rings. The van der Waals surface area contributed by atoms with Crippen molar-refractivity contribution in [2.45, 2.75) is 11.4 Å². The number of halogens is 3. The van der Waals surface area contributed by atoms with E-state index in [1.165, 1.54) is 12.1 Å². The number of hydrogen-bond acceptors (Lipinski definition) is 3. The van der Waals surface area contributed by atoms with Crippen molar-refractivity contribution >= 4 is 31.6 Å². The maximum Gasteiger partial charge on any atom is 0.263 e. The Morgan fingerprint density at radius 3 is 2.33 bits per heavy atom. The molecular weight excluding hydrogens is 366 g/mol. The summed E-state index contributed by atoms with van der Waals surface area (Å²) in [5.74, 6) is -1.99. The highest BCUT2D eigenvalue weighted by Crippen LogP contribution is 2.27. The van der Waals surface area contributed by atoms with Gasteiger partial charge >= 0.3 is 0 Å². The van der Waals surface area contributed by atoms with Crippen molar-refractivity contribution in [3.05, 3.63) is 58.1 Å². The highest BCUT2D eigenvalue weighted by atomic mass is 79.9. The zero-order chi connectivity index (χ0) is 15.6. The van der Waals surface area contributed by atoms with E-state index < -0.39 is 27.3 Å². The van der Waals surface area contributed by atoms with Gasteiger partial charge in [0.15, 0.2) is 0 Å². The van der Waals surface area contributed by atoms with Crippen LogP contribution in [0.2, 0.25) is 0 Å². The van der Waals surface area contributed by atoms with Crippen LogP contribution in [0.5, 0.6) is 0 Å². The van der Waals surface area contributed by atoms with E-state index in [9.17, 15) is 17.2 Å². The summed E-state index contributed by atoms with van der Waals surface area (Å²) in [5.41, 5.74) is 5.32. The van der Waals surface area contributed by atoms with Gasteiger partial charge in [0, 0.05) is 11.0 Å². The zero-order valence-electron chi connectivity index (χ0n) is 10.6. The van der Waals surface area contributed by atoms with Crippen LogP contribution in [-0.2, 0) is 16.6 Å². The minimum atomic E-state index is -4.15. The Morgan fingerprint density at radius 1 is 1.14 bits per heavy atom. The highest BCUT2D eigenvalue weighted by Gasteiger charge is 2.21. The third-order valence-electron chi connectivity index (χ3n) is 2.72. The van der Waals surface area contributed by atoms with Crippen molar-refractivity contribution in [2.75, 3.05) is 4.72 Å². The van der Waals surface area contributed by atoms with Gasteiger partial charge in [-0.2, -0.15) is 0 Å². The maximum atomic E-state index is 13.5. The molecule has 0 aliphatic rings. The molecule has 0 saturated carbocycles. The van der Waals surface area contributed by atoms with Gasteiger partial charge in [0.1, 0.15) is 22.2 Å². The van der Waals surface area contributed by atoms with Crippen molar-refractivity contribution in [3.63, 3.8) is 0 Å². The Morgan fingerprint density at radius 2 is 1.76 bits per heavy atom. The first-order valence-electron chi connectivity index (χ1n) is 5.80. The molecular formula is C13H11BrF2N2O2S. The lowest BCUT2D eigenvalue weighted by atomic mass is 10.2. The van der Waals surface area contributed by atoms with Gasteiger partial charge in [0.2, 0.25) is 0 Å². The second kappa shape index (κ2) is 6.08. The molecule has 2 aromatic rings. The molecule has 0 aliphatic carbocycles. The van der Waals surface area contributed by atoms with Crippen molar-refractivity contribution in [1.29, 1.82) is 0 Å². The topological polar surface area (TPSA) is 72.2 Å². The van der Waals surface area contributed by atoms with E-state index in [1.54, 1.807) is 6.07 Å². The number of anilines is 1. The lowest BCUT2D eigenvalue weighted by Gasteiger charge is -2.12. The van der Waals surface area contributed by atoms with Crippen molar-refractivity contribution < 1.29 is 17.2 Å². The highest BCUT2D eigenvalue weighted by molar-refractivity contribution is 9.10. The minimum absolute atomic E-state index is 0.143. The quantitative estimate of drug-likeness (QED) is 0.861.